The van der Waals surface area contributed by atoms with Crippen molar-refractivity contribution in [2.45, 2.75) is 129 Å². The number of carbonyl (C=O) groups is 10. The van der Waals surface area contributed by atoms with Gasteiger partial charge in [-0.05, 0) is 249 Å². The molecule has 11 aromatic rings. The molecule has 1 heterocycles. The van der Waals surface area contributed by atoms with E-state index in [1.54, 1.807) is 103 Å². The first-order chi connectivity index (χ1) is 61.8. The van der Waals surface area contributed by atoms with Crippen LogP contribution in [0.25, 0.3) is 6.08 Å². The third kappa shape index (κ3) is 30.8. The van der Waals surface area contributed by atoms with Crippen LogP contribution in [-0.2, 0) is 52.7 Å². The van der Waals surface area contributed by atoms with E-state index in [2.05, 4.69) is 30.7 Å². The monoisotopic (exact) mass is 1710 g/mol. The number of anilines is 1. The summed E-state index contributed by atoms with van der Waals surface area (Å²) in [6.07, 6.45) is 13.3. The molecule has 12 rings (SSSR count). The second-order valence-corrected chi connectivity index (χ2v) is 30.4. The van der Waals surface area contributed by atoms with Crippen molar-refractivity contribution in [3.8, 4) is 40.2 Å². The van der Waals surface area contributed by atoms with Gasteiger partial charge in [0.05, 0.1) is 53.9 Å². The molecule has 0 bridgehead atoms. The average molecular weight is 1710 g/mol. The van der Waals surface area contributed by atoms with Crippen LogP contribution in [0, 0.1) is 0 Å². The number of carbonyl (C=O) groups excluding carboxylic acids is 10. The highest BCUT2D eigenvalue weighted by molar-refractivity contribution is 5.98. The number of hydrogen-bond acceptors (Lipinski definition) is 22. The normalized spacial score (nSPS) is 12.2. The molecule has 1 aliphatic heterocycles. The number of esters is 9. The number of ketones is 1. The zero-order valence-electron chi connectivity index (χ0n) is 71.8. The van der Waals surface area contributed by atoms with Gasteiger partial charge in [-0.1, -0.05) is 167 Å². The van der Waals surface area contributed by atoms with Gasteiger partial charge in [-0.2, -0.15) is 0 Å². The first-order valence-corrected chi connectivity index (χ1v) is 42.9. The maximum atomic E-state index is 13.4. The standard InChI is InChI=1S/C63H68N2O13.C42H36O7/c1-3-4-5-6-7-10-13-46-14-16-47(17-15-46)60(68)77-56-34-36-57(37-35-56)78-61(69)48-18-26-52(27-19-48)72-44-11-8-9-12-45-73-58(66)38-39-59(67)74-53-28-20-49(21-29-53)62(70)75-54-30-22-50(23-31-54)63(71)76-55-32-24-51(25-33-55)65-42-40-64(2)41-43-65;1-3-30-18-21-33(22-19-30)38(44)28-32-16-14-31(15-17-32)20-27-39(45)48-40(34-10-6-4-7-11-34)41(35-12-8-5-9-13-35)49-42(46)36-23-25-37(26-24-36)47-29(2)43/h14-37H,3-13,38-45H2,1-2H3;4-27,40-41H,3,28H2,1-2H3/b;27-20+/t;40-,41-/m.1/s1. The molecule has 0 saturated carbocycles. The van der Waals surface area contributed by atoms with Gasteiger partial charge in [0.1, 0.15) is 40.2 Å². The molecule has 0 unspecified atom stereocenters. The molecule has 22 nitrogen and oxygen atoms in total. The lowest BCUT2D eigenvalue weighted by atomic mass is 9.97. The Labute approximate surface area is 740 Å². The van der Waals surface area contributed by atoms with Gasteiger partial charge in [-0.15, -0.1) is 0 Å². The summed E-state index contributed by atoms with van der Waals surface area (Å²) < 4.78 is 55.6. The SMILES string of the molecule is CCCCCCCCc1ccc(C(=O)Oc2ccc(OC(=O)c3ccc(OCCCCCCOC(=O)CCC(=O)Oc4ccc(C(=O)Oc5ccc(C(=O)Oc6ccc(N7CCN(C)CC7)cc6)cc5)cc4)cc3)cc2)cc1.CCc1ccc(C(=O)Cc2ccc(/C=C/C(=O)O[C@H](c3ccccc3)[C@H](OC(=O)c3ccc(OC(C)=O)cc3)c3ccccc3)cc2)cc1. The fourth-order valence-electron chi connectivity index (χ4n) is 13.5. The summed E-state index contributed by atoms with van der Waals surface area (Å²) in [5.74, 6) is -2.65. The van der Waals surface area contributed by atoms with Crippen LogP contribution in [0.3, 0.4) is 0 Å². The molecular formula is C105H104N2O20. The lowest BCUT2D eigenvalue weighted by Crippen LogP contribution is -2.44. The largest absolute Gasteiger partial charge is 0.494 e. The van der Waals surface area contributed by atoms with Crippen LogP contribution in [0.2, 0.25) is 0 Å². The first-order valence-electron chi connectivity index (χ1n) is 42.9. The molecule has 654 valence electrons. The van der Waals surface area contributed by atoms with Crippen molar-refractivity contribution in [2.75, 3.05) is 51.3 Å². The summed E-state index contributed by atoms with van der Waals surface area (Å²) in [6.45, 7) is 10.1. The number of nitrogens with zero attached hydrogens (tertiary/aromatic N) is 2. The average Bonchev–Trinajstić information content (AvgIpc) is 0.819. The molecule has 0 aliphatic carbocycles. The smallest absolute Gasteiger partial charge is 0.343 e. The summed E-state index contributed by atoms with van der Waals surface area (Å²) >= 11 is 0. The van der Waals surface area contributed by atoms with Gasteiger partial charge in [0, 0.05) is 56.9 Å². The van der Waals surface area contributed by atoms with Gasteiger partial charge >= 0.3 is 53.7 Å². The number of Topliss-reactive ketones (excluding diaryl/α,β-unsaturated/α-hetero) is 1. The molecule has 2 atom stereocenters. The second kappa shape index (κ2) is 49.2. The quantitative estimate of drug-likeness (QED) is 0.00860. The van der Waals surface area contributed by atoms with E-state index in [1.807, 2.05) is 109 Å². The van der Waals surface area contributed by atoms with E-state index in [9.17, 15) is 47.9 Å². The number of rotatable bonds is 41. The van der Waals surface area contributed by atoms with E-state index < -0.39 is 65.9 Å². The predicted octanol–water partition coefficient (Wildman–Crippen LogP) is 20.6. The summed E-state index contributed by atoms with van der Waals surface area (Å²) in [7, 11) is 2.11. The number of hydrogen-bond donors (Lipinski definition) is 0. The van der Waals surface area contributed by atoms with E-state index in [0.29, 0.717) is 69.6 Å². The Morgan fingerprint density at radius 1 is 0.354 bits per heavy atom. The van der Waals surface area contributed by atoms with Crippen molar-refractivity contribution in [1.82, 2.24) is 4.90 Å². The Hall–Kier alpha value is -14.4. The maximum Gasteiger partial charge on any atom is 0.343 e. The minimum Gasteiger partial charge on any atom is -0.494 e. The van der Waals surface area contributed by atoms with Gasteiger partial charge in [0.2, 0.25) is 0 Å². The van der Waals surface area contributed by atoms with E-state index in [1.165, 1.54) is 129 Å². The zero-order chi connectivity index (χ0) is 89.5. The van der Waals surface area contributed by atoms with Crippen LogP contribution in [0.5, 0.6) is 40.2 Å². The highest BCUT2D eigenvalue weighted by Crippen LogP contribution is 2.37. The molecule has 11 aromatic carbocycles. The van der Waals surface area contributed by atoms with Gasteiger partial charge in [0.25, 0.3) is 0 Å². The molecule has 0 amide bonds. The first kappa shape index (κ1) is 93.3. The number of ether oxygens (including phenoxy) is 10. The predicted molar refractivity (Wildman–Crippen MR) is 482 cm³/mol. The van der Waals surface area contributed by atoms with Crippen LogP contribution in [-0.4, -0.2) is 111 Å². The summed E-state index contributed by atoms with van der Waals surface area (Å²) in [6, 6.07) is 78.9. The topological polar surface area (TPSA) is 269 Å². The molecular weight excluding hydrogens is 1610 g/mol. The van der Waals surface area contributed by atoms with Crippen LogP contribution in [0.4, 0.5) is 5.69 Å². The molecule has 1 fully saturated rings. The van der Waals surface area contributed by atoms with Crippen LogP contribution in [0.1, 0.15) is 206 Å². The minimum atomic E-state index is -0.989. The zero-order valence-corrected chi connectivity index (χ0v) is 71.8. The fraction of sp³-hybridized carbons (Fsp3) is 0.257. The van der Waals surface area contributed by atoms with E-state index in [4.69, 9.17) is 47.4 Å². The summed E-state index contributed by atoms with van der Waals surface area (Å²) in [5.41, 5.74) is 8.55. The second-order valence-electron chi connectivity index (χ2n) is 30.4. The Kier molecular flexibility index (Phi) is 36.2. The Morgan fingerprint density at radius 3 is 1.24 bits per heavy atom. The molecule has 0 spiro atoms. The number of piperazine rings is 1. The molecule has 127 heavy (non-hydrogen) atoms. The highest BCUT2D eigenvalue weighted by atomic mass is 16.6. The van der Waals surface area contributed by atoms with Gasteiger partial charge in [0.15, 0.2) is 18.0 Å². The van der Waals surface area contributed by atoms with Crippen molar-refractivity contribution < 1.29 is 95.3 Å². The molecule has 22 heteroatoms. The van der Waals surface area contributed by atoms with E-state index in [-0.39, 0.29) is 59.8 Å². The van der Waals surface area contributed by atoms with Crippen molar-refractivity contribution in [3.63, 3.8) is 0 Å². The fourth-order valence-corrected chi connectivity index (χ4v) is 13.5. The third-order valence-corrected chi connectivity index (χ3v) is 20.8. The number of likely N-dealkylation sites (N-methyl/N-ethyl adjacent to an activating group) is 1. The highest BCUT2D eigenvalue weighted by Gasteiger charge is 2.33. The summed E-state index contributed by atoms with van der Waals surface area (Å²) in [5, 5.41) is 0. The Morgan fingerprint density at radius 2 is 0.748 bits per heavy atom. The van der Waals surface area contributed by atoms with Crippen molar-refractivity contribution in [1.29, 1.82) is 0 Å². The number of unbranched alkanes of at least 4 members (excludes halogenated alkanes) is 8. The van der Waals surface area contributed by atoms with Crippen LogP contribution in [0.15, 0.2) is 285 Å². The van der Waals surface area contributed by atoms with Crippen molar-refractivity contribution >= 4 is 71.3 Å². The van der Waals surface area contributed by atoms with Crippen LogP contribution >= 0.6 is 0 Å². The third-order valence-electron chi connectivity index (χ3n) is 20.8. The number of aryl methyl sites for hydroxylation is 2. The van der Waals surface area contributed by atoms with Gasteiger partial charge < -0.3 is 57.2 Å². The maximum absolute atomic E-state index is 13.4. The van der Waals surface area contributed by atoms with Crippen LogP contribution < -0.4 is 38.1 Å². The van der Waals surface area contributed by atoms with Crippen molar-refractivity contribution in [2.24, 2.45) is 0 Å². The molecule has 1 aliphatic rings. The lowest BCUT2D eigenvalue weighted by molar-refractivity contribution is -0.150. The molecule has 1 saturated heterocycles. The number of benzene rings is 11. The van der Waals surface area contributed by atoms with E-state index >= 15 is 0 Å². The minimum absolute atomic E-state index is 0.0363. The van der Waals surface area contributed by atoms with Gasteiger partial charge in [-0.25, -0.2) is 28.8 Å². The van der Waals surface area contributed by atoms with E-state index in [0.717, 1.165) is 81.5 Å². The molecule has 0 radical (unpaired) electrons. The van der Waals surface area contributed by atoms with Gasteiger partial charge in [-0.3, -0.25) is 19.2 Å². The van der Waals surface area contributed by atoms with Crippen molar-refractivity contribution in [3.05, 3.63) is 352 Å². The Balaban J connectivity index is 0.000000273. The summed E-state index contributed by atoms with van der Waals surface area (Å²) in [4.78, 5) is 131. The lowest BCUT2D eigenvalue weighted by Gasteiger charge is -2.34. The molecule has 0 N–H and O–H groups in total. The Bertz CT molecular complexity index is 5430. The molecule has 0 aromatic heterocycles.